The number of hydrogen-bond acceptors (Lipinski definition) is 3. The minimum absolute atomic E-state index is 0.126. The van der Waals surface area contributed by atoms with Crippen LogP contribution >= 0.6 is 11.8 Å². The number of rotatable bonds is 6. The van der Waals surface area contributed by atoms with E-state index in [-0.39, 0.29) is 6.29 Å². The first-order chi connectivity index (χ1) is 7.27. The predicted molar refractivity (Wildman–Crippen MR) is 65.0 cm³/mol. The number of methoxy groups -OCH3 is 2. The molecule has 0 aliphatic rings. The molecule has 1 unspecified atom stereocenters. The predicted octanol–water partition coefficient (Wildman–Crippen LogP) is 2.93. The molecule has 1 rings (SSSR count). The van der Waals surface area contributed by atoms with Gasteiger partial charge in [-0.3, -0.25) is 0 Å². The lowest BCUT2D eigenvalue weighted by molar-refractivity contribution is -0.0988. The first-order valence-electron chi connectivity index (χ1n) is 4.99. The Kier molecular flexibility index (Phi) is 5.76. The maximum absolute atomic E-state index is 5.21. The second-order valence-electron chi connectivity index (χ2n) is 3.34. The van der Waals surface area contributed by atoms with Crippen LogP contribution in [0.3, 0.4) is 0 Å². The van der Waals surface area contributed by atoms with Gasteiger partial charge in [-0.2, -0.15) is 0 Å². The van der Waals surface area contributed by atoms with Gasteiger partial charge in [-0.05, 0) is 12.5 Å². The molecule has 0 aliphatic carbocycles. The minimum Gasteiger partial charge on any atom is -0.355 e. The number of thioether (sulfide) groups is 1. The molecular weight excluding hydrogens is 208 g/mol. The van der Waals surface area contributed by atoms with Gasteiger partial charge in [0, 0.05) is 20.0 Å². The van der Waals surface area contributed by atoms with Gasteiger partial charge in [-0.1, -0.05) is 30.3 Å². The molecule has 0 amide bonds. The highest BCUT2D eigenvalue weighted by Gasteiger charge is 2.15. The summed E-state index contributed by atoms with van der Waals surface area (Å²) in [5.74, 6) is 0.991. The van der Waals surface area contributed by atoms with Crippen molar-refractivity contribution in [3.8, 4) is 0 Å². The Morgan fingerprint density at radius 1 is 1.13 bits per heavy atom. The van der Waals surface area contributed by atoms with Crippen LogP contribution in [0.1, 0.15) is 12.5 Å². The van der Waals surface area contributed by atoms with Gasteiger partial charge in [0.25, 0.3) is 0 Å². The molecule has 0 fully saturated rings. The Hall–Kier alpha value is -0.510. The van der Waals surface area contributed by atoms with Gasteiger partial charge in [0.1, 0.15) is 0 Å². The molecule has 1 aromatic carbocycles. The van der Waals surface area contributed by atoms with E-state index in [0.717, 1.165) is 5.75 Å². The van der Waals surface area contributed by atoms with Crippen molar-refractivity contribution in [3.05, 3.63) is 35.9 Å². The normalized spacial score (nSPS) is 13.1. The van der Waals surface area contributed by atoms with E-state index in [1.165, 1.54) is 5.56 Å². The number of hydrogen-bond donors (Lipinski definition) is 0. The SMILES string of the molecule is COC(OC)C(C)SCc1ccccc1. The highest BCUT2D eigenvalue weighted by molar-refractivity contribution is 7.99. The zero-order valence-corrected chi connectivity index (χ0v) is 10.3. The third-order valence-corrected chi connectivity index (χ3v) is 3.45. The van der Waals surface area contributed by atoms with Crippen molar-refractivity contribution in [2.24, 2.45) is 0 Å². The van der Waals surface area contributed by atoms with Gasteiger partial charge in [0.15, 0.2) is 6.29 Å². The Labute approximate surface area is 96.0 Å². The monoisotopic (exact) mass is 226 g/mol. The van der Waals surface area contributed by atoms with Gasteiger partial charge in [0.2, 0.25) is 0 Å². The lowest BCUT2D eigenvalue weighted by Crippen LogP contribution is -2.24. The Morgan fingerprint density at radius 2 is 1.73 bits per heavy atom. The van der Waals surface area contributed by atoms with Gasteiger partial charge in [-0.15, -0.1) is 11.8 Å². The summed E-state index contributed by atoms with van der Waals surface area (Å²) in [6, 6.07) is 10.4. The van der Waals surface area contributed by atoms with Crippen LogP contribution in [0.5, 0.6) is 0 Å². The van der Waals surface area contributed by atoms with E-state index in [2.05, 4.69) is 31.2 Å². The first-order valence-corrected chi connectivity index (χ1v) is 6.04. The van der Waals surface area contributed by atoms with Crippen molar-refractivity contribution in [2.75, 3.05) is 14.2 Å². The molecule has 0 aromatic heterocycles. The Morgan fingerprint density at radius 3 is 2.27 bits per heavy atom. The fraction of sp³-hybridized carbons (Fsp3) is 0.500. The van der Waals surface area contributed by atoms with E-state index in [1.54, 1.807) is 14.2 Å². The lowest BCUT2D eigenvalue weighted by atomic mass is 10.2. The fourth-order valence-electron chi connectivity index (χ4n) is 1.36. The minimum atomic E-state index is -0.126. The standard InChI is InChI=1S/C12H18O2S/c1-10(12(13-2)14-3)15-9-11-7-5-4-6-8-11/h4-8,10,12H,9H2,1-3H3. The van der Waals surface area contributed by atoms with Crippen LogP contribution in [0.25, 0.3) is 0 Å². The average Bonchev–Trinajstić information content (AvgIpc) is 2.29. The van der Waals surface area contributed by atoms with E-state index >= 15 is 0 Å². The summed E-state index contributed by atoms with van der Waals surface area (Å²) in [6.45, 7) is 2.12. The molecule has 0 spiro atoms. The van der Waals surface area contributed by atoms with Crippen LogP contribution in [-0.4, -0.2) is 25.8 Å². The molecular formula is C12H18O2S. The third kappa shape index (κ3) is 4.24. The van der Waals surface area contributed by atoms with Gasteiger partial charge in [-0.25, -0.2) is 0 Å². The molecule has 0 aliphatic heterocycles. The van der Waals surface area contributed by atoms with Gasteiger partial charge >= 0.3 is 0 Å². The van der Waals surface area contributed by atoms with Crippen molar-refractivity contribution < 1.29 is 9.47 Å². The molecule has 15 heavy (non-hydrogen) atoms. The molecule has 0 heterocycles. The van der Waals surface area contributed by atoms with Crippen LogP contribution in [0.4, 0.5) is 0 Å². The van der Waals surface area contributed by atoms with Crippen LogP contribution in [0.15, 0.2) is 30.3 Å². The molecule has 0 N–H and O–H groups in total. The molecule has 1 atom stereocenters. The maximum atomic E-state index is 5.21. The molecule has 84 valence electrons. The summed E-state index contributed by atoms with van der Waals surface area (Å²) in [5, 5.41) is 0.334. The van der Waals surface area contributed by atoms with Crippen molar-refractivity contribution in [1.29, 1.82) is 0 Å². The van der Waals surface area contributed by atoms with Crippen molar-refractivity contribution >= 4 is 11.8 Å². The summed E-state index contributed by atoms with van der Waals surface area (Å²) in [5.41, 5.74) is 1.33. The molecule has 2 nitrogen and oxygen atoms in total. The number of ether oxygens (including phenoxy) is 2. The highest BCUT2D eigenvalue weighted by atomic mass is 32.2. The summed E-state index contributed by atoms with van der Waals surface area (Å²) >= 11 is 1.84. The Balaban J connectivity index is 2.36. The van der Waals surface area contributed by atoms with Crippen LogP contribution in [0, 0.1) is 0 Å². The van der Waals surface area contributed by atoms with Gasteiger partial charge in [0.05, 0.1) is 5.25 Å². The molecule has 1 aromatic rings. The largest absolute Gasteiger partial charge is 0.355 e. The van der Waals surface area contributed by atoms with Crippen LogP contribution in [0.2, 0.25) is 0 Å². The fourth-order valence-corrected chi connectivity index (χ4v) is 2.39. The zero-order chi connectivity index (χ0) is 11.1. The van der Waals surface area contributed by atoms with Crippen molar-refractivity contribution in [3.63, 3.8) is 0 Å². The van der Waals surface area contributed by atoms with E-state index in [9.17, 15) is 0 Å². The van der Waals surface area contributed by atoms with Gasteiger partial charge < -0.3 is 9.47 Å². The summed E-state index contributed by atoms with van der Waals surface area (Å²) in [4.78, 5) is 0. The van der Waals surface area contributed by atoms with Crippen LogP contribution in [-0.2, 0) is 15.2 Å². The highest BCUT2D eigenvalue weighted by Crippen LogP contribution is 2.21. The molecule has 3 heteroatoms. The Bertz CT molecular complexity index is 260. The van der Waals surface area contributed by atoms with Crippen molar-refractivity contribution in [1.82, 2.24) is 0 Å². The topological polar surface area (TPSA) is 18.5 Å². The third-order valence-electron chi connectivity index (χ3n) is 2.20. The smallest absolute Gasteiger partial charge is 0.168 e. The maximum Gasteiger partial charge on any atom is 0.168 e. The summed E-state index contributed by atoms with van der Waals surface area (Å²) in [6.07, 6.45) is -0.126. The summed E-state index contributed by atoms with van der Waals surface area (Å²) in [7, 11) is 3.35. The number of benzene rings is 1. The van der Waals surface area contributed by atoms with E-state index in [1.807, 2.05) is 17.8 Å². The van der Waals surface area contributed by atoms with Crippen LogP contribution < -0.4 is 0 Å². The molecule has 0 bridgehead atoms. The second kappa shape index (κ2) is 6.88. The second-order valence-corrected chi connectivity index (χ2v) is 4.71. The molecule has 0 saturated carbocycles. The van der Waals surface area contributed by atoms with E-state index in [4.69, 9.17) is 9.47 Å². The summed E-state index contributed by atoms with van der Waals surface area (Å²) < 4.78 is 10.4. The first kappa shape index (κ1) is 12.6. The quantitative estimate of drug-likeness (QED) is 0.695. The van der Waals surface area contributed by atoms with E-state index < -0.39 is 0 Å². The van der Waals surface area contributed by atoms with Crippen molar-refractivity contribution in [2.45, 2.75) is 24.2 Å². The lowest BCUT2D eigenvalue weighted by Gasteiger charge is -2.20. The van der Waals surface area contributed by atoms with E-state index in [0.29, 0.717) is 5.25 Å². The average molecular weight is 226 g/mol. The molecule has 0 radical (unpaired) electrons. The molecule has 0 saturated heterocycles. The zero-order valence-electron chi connectivity index (χ0n) is 9.47.